The van der Waals surface area contributed by atoms with Crippen molar-refractivity contribution in [1.82, 2.24) is 10.2 Å². The van der Waals surface area contributed by atoms with Crippen molar-refractivity contribution < 1.29 is 9.47 Å². The van der Waals surface area contributed by atoms with E-state index in [9.17, 15) is 4.79 Å². The van der Waals surface area contributed by atoms with Gasteiger partial charge in [0.1, 0.15) is 0 Å². The van der Waals surface area contributed by atoms with E-state index >= 15 is 0 Å². The van der Waals surface area contributed by atoms with Gasteiger partial charge in [-0.05, 0) is 18.2 Å². The highest BCUT2D eigenvalue weighted by molar-refractivity contribution is 5.70. The van der Waals surface area contributed by atoms with Crippen LogP contribution in [0, 0.1) is 0 Å². The molecule has 17 heavy (non-hydrogen) atoms. The highest BCUT2D eigenvalue weighted by atomic mass is 16.5. The first-order valence-corrected chi connectivity index (χ1v) is 5.03. The molecular formula is C12H12N2O3. The number of nitrogens with one attached hydrogen (secondary N) is 1. The third-order valence-electron chi connectivity index (χ3n) is 2.36. The van der Waals surface area contributed by atoms with E-state index in [1.54, 1.807) is 26.4 Å². The predicted octanol–water partition coefficient (Wildman–Crippen LogP) is 1.45. The highest BCUT2D eigenvalue weighted by Crippen LogP contribution is 2.36. The van der Waals surface area contributed by atoms with Gasteiger partial charge in [-0.3, -0.25) is 4.79 Å². The SMILES string of the molecule is COc1cccc(-c2ccc(=O)[nH]n2)c1OC. The topological polar surface area (TPSA) is 64.2 Å². The second-order valence-electron chi connectivity index (χ2n) is 3.35. The molecule has 0 bridgehead atoms. The molecule has 1 aromatic carbocycles. The van der Waals surface area contributed by atoms with Gasteiger partial charge in [-0.15, -0.1) is 0 Å². The molecule has 0 atom stereocenters. The maximum Gasteiger partial charge on any atom is 0.264 e. The number of ether oxygens (including phenoxy) is 2. The molecule has 0 aliphatic carbocycles. The Labute approximate surface area is 98.0 Å². The first-order valence-electron chi connectivity index (χ1n) is 5.03. The van der Waals surface area contributed by atoms with Crippen molar-refractivity contribution >= 4 is 0 Å². The Morgan fingerprint density at radius 3 is 2.53 bits per heavy atom. The van der Waals surface area contributed by atoms with Gasteiger partial charge in [-0.1, -0.05) is 6.07 Å². The van der Waals surface area contributed by atoms with Crippen molar-refractivity contribution in [2.75, 3.05) is 14.2 Å². The van der Waals surface area contributed by atoms with Crippen LogP contribution in [0.5, 0.6) is 11.5 Å². The largest absolute Gasteiger partial charge is 0.493 e. The average molecular weight is 232 g/mol. The van der Waals surface area contributed by atoms with Crippen molar-refractivity contribution in [2.24, 2.45) is 0 Å². The molecule has 0 spiro atoms. The minimum absolute atomic E-state index is 0.240. The van der Waals surface area contributed by atoms with Crippen LogP contribution in [0.4, 0.5) is 0 Å². The van der Waals surface area contributed by atoms with Crippen molar-refractivity contribution in [3.05, 3.63) is 40.7 Å². The van der Waals surface area contributed by atoms with Gasteiger partial charge in [0.25, 0.3) is 5.56 Å². The molecule has 1 aromatic heterocycles. The summed E-state index contributed by atoms with van der Waals surface area (Å²) >= 11 is 0. The number of aromatic nitrogens is 2. The number of nitrogens with zero attached hydrogens (tertiary/aromatic N) is 1. The van der Waals surface area contributed by atoms with E-state index < -0.39 is 0 Å². The quantitative estimate of drug-likeness (QED) is 0.870. The maximum absolute atomic E-state index is 11.0. The second kappa shape index (κ2) is 4.69. The zero-order valence-electron chi connectivity index (χ0n) is 9.56. The molecule has 0 radical (unpaired) electrons. The van der Waals surface area contributed by atoms with Crippen LogP contribution in [0.2, 0.25) is 0 Å². The summed E-state index contributed by atoms with van der Waals surface area (Å²) < 4.78 is 10.5. The molecule has 2 aromatic rings. The van der Waals surface area contributed by atoms with E-state index in [-0.39, 0.29) is 5.56 Å². The van der Waals surface area contributed by atoms with Crippen molar-refractivity contribution in [1.29, 1.82) is 0 Å². The summed E-state index contributed by atoms with van der Waals surface area (Å²) in [7, 11) is 3.13. The molecule has 5 nitrogen and oxygen atoms in total. The van der Waals surface area contributed by atoms with Crippen LogP contribution in [-0.4, -0.2) is 24.4 Å². The molecule has 0 fully saturated rings. The van der Waals surface area contributed by atoms with Crippen LogP contribution in [0.1, 0.15) is 0 Å². The van der Waals surface area contributed by atoms with Gasteiger partial charge in [0.05, 0.1) is 19.9 Å². The molecule has 0 aliphatic rings. The number of benzene rings is 1. The van der Waals surface area contributed by atoms with Crippen LogP contribution < -0.4 is 15.0 Å². The molecule has 5 heteroatoms. The molecule has 0 unspecified atom stereocenters. The molecule has 0 aliphatic heterocycles. The highest BCUT2D eigenvalue weighted by Gasteiger charge is 2.12. The Bertz CT molecular complexity index is 558. The zero-order valence-corrected chi connectivity index (χ0v) is 9.56. The number of H-pyrrole nitrogens is 1. The Morgan fingerprint density at radius 2 is 1.94 bits per heavy atom. The lowest BCUT2D eigenvalue weighted by molar-refractivity contribution is 0.356. The van der Waals surface area contributed by atoms with Gasteiger partial charge < -0.3 is 9.47 Å². The number of para-hydroxylation sites is 1. The lowest BCUT2D eigenvalue weighted by Crippen LogP contribution is -2.06. The van der Waals surface area contributed by atoms with E-state index in [2.05, 4.69) is 10.2 Å². The summed E-state index contributed by atoms with van der Waals surface area (Å²) in [6.45, 7) is 0. The fourth-order valence-corrected chi connectivity index (χ4v) is 1.58. The van der Waals surface area contributed by atoms with E-state index in [4.69, 9.17) is 9.47 Å². The summed E-state index contributed by atoms with van der Waals surface area (Å²) in [5.74, 6) is 1.22. The third-order valence-corrected chi connectivity index (χ3v) is 2.36. The smallest absolute Gasteiger partial charge is 0.264 e. The molecule has 0 amide bonds. The van der Waals surface area contributed by atoms with E-state index in [0.717, 1.165) is 5.56 Å². The summed E-state index contributed by atoms with van der Waals surface area (Å²) in [6, 6.07) is 8.54. The van der Waals surface area contributed by atoms with E-state index in [0.29, 0.717) is 17.2 Å². The van der Waals surface area contributed by atoms with Gasteiger partial charge in [-0.2, -0.15) is 5.10 Å². The minimum atomic E-state index is -0.240. The van der Waals surface area contributed by atoms with Gasteiger partial charge in [0.15, 0.2) is 11.5 Å². The molecule has 88 valence electrons. The average Bonchev–Trinajstić information content (AvgIpc) is 2.38. The lowest BCUT2D eigenvalue weighted by atomic mass is 10.1. The van der Waals surface area contributed by atoms with Crippen LogP contribution >= 0.6 is 0 Å². The fraction of sp³-hybridized carbons (Fsp3) is 0.167. The number of aromatic amines is 1. The molecule has 1 heterocycles. The molecular weight excluding hydrogens is 220 g/mol. The van der Waals surface area contributed by atoms with Crippen LogP contribution in [0.25, 0.3) is 11.3 Å². The standard InChI is InChI=1S/C12H12N2O3/c1-16-10-5-3-4-8(12(10)17-2)9-6-7-11(15)14-13-9/h3-7H,1-2H3,(H,14,15). The third kappa shape index (κ3) is 2.13. The zero-order chi connectivity index (χ0) is 12.3. The van der Waals surface area contributed by atoms with Gasteiger partial charge in [-0.25, -0.2) is 5.10 Å². The first-order chi connectivity index (χ1) is 8.26. The van der Waals surface area contributed by atoms with Crippen molar-refractivity contribution in [3.63, 3.8) is 0 Å². The van der Waals surface area contributed by atoms with E-state index in [1.807, 2.05) is 12.1 Å². The Hall–Kier alpha value is -2.30. The molecule has 0 saturated heterocycles. The van der Waals surface area contributed by atoms with Crippen LogP contribution in [-0.2, 0) is 0 Å². The van der Waals surface area contributed by atoms with Crippen LogP contribution in [0.3, 0.4) is 0 Å². The summed E-state index contributed by atoms with van der Waals surface area (Å²) in [5, 5.41) is 6.34. The summed E-state index contributed by atoms with van der Waals surface area (Å²) in [6.07, 6.45) is 0. The normalized spacial score (nSPS) is 10.0. The Balaban J connectivity index is 2.58. The van der Waals surface area contributed by atoms with Crippen molar-refractivity contribution in [2.45, 2.75) is 0 Å². The predicted molar refractivity (Wildman–Crippen MR) is 63.4 cm³/mol. The Kier molecular flexibility index (Phi) is 3.09. The van der Waals surface area contributed by atoms with E-state index in [1.165, 1.54) is 6.07 Å². The Morgan fingerprint density at radius 1 is 1.12 bits per heavy atom. The number of rotatable bonds is 3. The number of hydrogen-bond donors (Lipinski definition) is 1. The minimum Gasteiger partial charge on any atom is -0.493 e. The fourth-order valence-electron chi connectivity index (χ4n) is 1.58. The summed E-state index contributed by atoms with van der Waals surface area (Å²) in [4.78, 5) is 11.0. The monoisotopic (exact) mass is 232 g/mol. The van der Waals surface area contributed by atoms with Crippen LogP contribution in [0.15, 0.2) is 35.1 Å². The molecule has 0 saturated carbocycles. The van der Waals surface area contributed by atoms with Crippen molar-refractivity contribution in [3.8, 4) is 22.8 Å². The number of hydrogen-bond acceptors (Lipinski definition) is 4. The molecule has 1 N–H and O–H groups in total. The summed E-state index contributed by atoms with van der Waals surface area (Å²) in [5.41, 5.74) is 1.15. The van der Waals surface area contributed by atoms with Gasteiger partial charge in [0, 0.05) is 11.6 Å². The lowest BCUT2D eigenvalue weighted by Gasteiger charge is -2.11. The second-order valence-corrected chi connectivity index (χ2v) is 3.35. The maximum atomic E-state index is 11.0. The van der Waals surface area contributed by atoms with Gasteiger partial charge in [0.2, 0.25) is 0 Å². The first kappa shape index (κ1) is 11.2. The molecule has 2 rings (SSSR count). The van der Waals surface area contributed by atoms with Gasteiger partial charge >= 0.3 is 0 Å². The number of methoxy groups -OCH3 is 2.